The maximum Gasteiger partial charge on any atom is 0.237 e. The van der Waals surface area contributed by atoms with E-state index >= 15 is 0 Å². The van der Waals surface area contributed by atoms with E-state index in [1.165, 1.54) is 4.90 Å². The van der Waals surface area contributed by atoms with Crippen LogP contribution in [0.25, 0.3) is 0 Å². The van der Waals surface area contributed by atoms with Crippen LogP contribution in [0, 0.1) is 22.7 Å². The van der Waals surface area contributed by atoms with Gasteiger partial charge in [0.05, 0.1) is 11.5 Å². The van der Waals surface area contributed by atoms with Crippen molar-refractivity contribution in [1.29, 1.82) is 5.26 Å². The molecule has 0 aromatic heterocycles. The Bertz CT molecular complexity index is 389. The Morgan fingerprint density at radius 2 is 1.88 bits per heavy atom. The summed E-state index contributed by atoms with van der Waals surface area (Å²) in [5.74, 6) is -0.262. The molecule has 92 valence electrons. The first-order valence-electron chi connectivity index (χ1n) is 6.28. The highest BCUT2D eigenvalue weighted by Crippen LogP contribution is 2.47. The topological polar surface area (TPSA) is 61.2 Å². The standard InChI is InChI=1S/C13H18N2O2/c1-9(2)10(8-14)15-11(16)7-13(12(15)17)5-3-4-6-13/h9-10H,3-7H2,1-2H3. The molecule has 1 saturated carbocycles. The van der Waals surface area contributed by atoms with Gasteiger partial charge in [-0.3, -0.25) is 14.5 Å². The first-order valence-corrected chi connectivity index (χ1v) is 6.28. The van der Waals surface area contributed by atoms with Gasteiger partial charge in [-0.25, -0.2) is 0 Å². The molecule has 0 bridgehead atoms. The zero-order valence-electron chi connectivity index (χ0n) is 10.4. The number of carbonyl (C=O) groups is 2. The summed E-state index contributed by atoms with van der Waals surface area (Å²) in [6.45, 7) is 3.74. The molecule has 17 heavy (non-hydrogen) atoms. The monoisotopic (exact) mass is 234 g/mol. The molecular weight excluding hydrogens is 216 g/mol. The maximum absolute atomic E-state index is 12.4. The van der Waals surface area contributed by atoms with Gasteiger partial charge in [0.1, 0.15) is 6.04 Å². The minimum absolute atomic E-state index is 0.00977. The molecule has 2 fully saturated rings. The quantitative estimate of drug-likeness (QED) is 0.685. The minimum atomic E-state index is -0.602. The lowest BCUT2D eigenvalue weighted by Gasteiger charge is -2.26. The van der Waals surface area contributed by atoms with Gasteiger partial charge in [0.2, 0.25) is 11.8 Å². The number of hydrogen-bond acceptors (Lipinski definition) is 3. The number of nitrogens with zero attached hydrogens (tertiary/aromatic N) is 2. The highest BCUT2D eigenvalue weighted by Gasteiger charge is 2.54. The van der Waals surface area contributed by atoms with Gasteiger partial charge >= 0.3 is 0 Å². The third-order valence-electron chi connectivity index (χ3n) is 4.03. The number of likely N-dealkylation sites (tertiary alicyclic amines) is 1. The van der Waals surface area contributed by atoms with Crippen LogP contribution in [0.1, 0.15) is 46.0 Å². The molecule has 2 aliphatic rings. The van der Waals surface area contributed by atoms with E-state index in [1.54, 1.807) is 0 Å². The summed E-state index contributed by atoms with van der Waals surface area (Å²) in [5, 5.41) is 9.13. The molecule has 2 rings (SSSR count). The fourth-order valence-electron chi connectivity index (χ4n) is 3.05. The molecule has 4 nitrogen and oxygen atoms in total. The minimum Gasteiger partial charge on any atom is -0.274 e. The van der Waals surface area contributed by atoms with E-state index in [9.17, 15) is 9.59 Å². The van der Waals surface area contributed by atoms with Crippen LogP contribution in [-0.2, 0) is 9.59 Å². The number of carbonyl (C=O) groups excluding carboxylic acids is 2. The lowest BCUT2D eigenvalue weighted by Crippen LogP contribution is -2.44. The Morgan fingerprint density at radius 1 is 1.29 bits per heavy atom. The van der Waals surface area contributed by atoms with Crippen molar-refractivity contribution in [2.45, 2.75) is 52.0 Å². The smallest absolute Gasteiger partial charge is 0.237 e. The molecule has 1 saturated heterocycles. The van der Waals surface area contributed by atoms with Crippen LogP contribution >= 0.6 is 0 Å². The van der Waals surface area contributed by atoms with Crippen LogP contribution in [0.3, 0.4) is 0 Å². The van der Waals surface area contributed by atoms with Crippen LogP contribution in [0.2, 0.25) is 0 Å². The van der Waals surface area contributed by atoms with E-state index in [1.807, 2.05) is 13.8 Å². The van der Waals surface area contributed by atoms with E-state index in [-0.39, 0.29) is 17.7 Å². The fraction of sp³-hybridized carbons (Fsp3) is 0.769. The Hall–Kier alpha value is -1.37. The number of amides is 2. The Labute approximate surface area is 102 Å². The number of hydrogen-bond donors (Lipinski definition) is 0. The molecule has 0 radical (unpaired) electrons. The predicted octanol–water partition coefficient (Wildman–Crippen LogP) is 1.85. The highest BCUT2D eigenvalue weighted by molar-refractivity contribution is 6.06. The number of rotatable bonds is 2. The van der Waals surface area contributed by atoms with Crippen LogP contribution in [0.5, 0.6) is 0 Å². The van der Waals surface area contributed by atoms with Gasteiger partial charge in [0.25, 0.3) is 0 Å². The molecule has 1 unspecified atom stereocenters. The lowest BCUT2D eigenvalue weighted by atomic mass is 9.84. The van der Waals surface area contributed by atoms with Crippen LogP contribution in [0.4, 0.5) is 0 Å². The van der Waals surface area contributed by atoms with Gasteiger partial charge in [0, 0.05) is 6.42 Å². The number of nitriles is 1. The van der Waals surface area contributed by atoms with Crippen molar-refractivity contribution < 1.29 is 9.59 Å². The summed E-state index contributed by atoms with van der Waals surface area (Å²) in [6, 6.07) is 1.49. The molecular formula is C13H18N2O2. The Kier molecular flexibility index (Phi) is 2.94. The largest absolute Gasteiger partial charge is 0.274 e. The van der Waals surface area contributed by atoms with Gasteiger partial charge in [-0.2, -0.15) is 5.26 Å². The van der Waals surface area contributed by atoms with E-state index in [0.29, 0.717) is 6.42 Å². The summed E-state index contributed by atoms with van der Waals surface area (Å²) < 4.78 is 0. The summed E-state index contributed by atoms with van der Waals surface area (Å²) in [4.78, 5) is 25.6. The van der Waals surface area contributed by atoms with E-state index in [0.717, 1.165) is 25.7 Å². The zero-order valence-corrected chi connectivity index (χ0v) is 10.4. The zero-order chi connectivity index (χ0) is 12.6. The molecule has 0 aromatic carbocycles. The molecule has 1 aliphatic carbocycles. The van der Waals surface area contributed by atoms with Crippen molar-refractivity contribution in [2.75, 3.05) is 0 Å². The molecule has 1 heterocycles. The van der Waals surface area contributed by atoms with Gasteiger partial charge in [0.15, 0.2) is 0 Å². The van der Waals surface area contributed by atoms with E-state index in [2.05, 4.69) is 6.07 Å². The average molecular weight is 234 g/mol. The second-order valence-electron chi connectivity index (χ2n) is 5.55. The van der Waals surface area contributed by atoms with Crippen LogP contribution in [-0.4, -0.2) is 22.8 Å². The summed E-state index contributed by atoms with van der Waals surface area (Å²) in [5.41, 5.74) is -0.457. The van der Waals surface area contributed by atoms with Gasteiger partial charge in [-0.1, -0.05) is 26.7 Å². The van der Waals surface area contributed by atoms with Crippen molar-refractivity contribution in [1.82, 2.24) is 4.90 Å². The normalized spacial score (nSPS) is 24.7. The van der Waals surface area contributed by atoms with Crippen molar-refractivity contribution in [3.8, 4) is 6.07 Å². The van der Waals surface area contributed by atoms with Gasteiger partial charge in [-0.15, -0.1) is 0 Å². The Balaban J connectivity index is 2.28. The van der Waals surface area contributed by atoms with Crippen LogP contribution in [0.15, 0.2) is 0 Å². The second kappa shape index (κ2) is 4.14. The van der Waals surface area contributed by atoms with Crippen molar-refractivity contribution in [3.05, 3.63) is 0 Å². The van der Waals surface area contributed by atoms with Crippen LogP contribution < -0.4 is 0 Å². The third-order valence-corrected chi connectivity index (χ3v) is 4.03. The fourth-order valence-corrected chi connectivity index (χ4v) is 3.05. The number of imide groups is 1. The van der Waals surface area contributed by atoms with E-state index < -0.39 is 11.5 Å². The molecule has 1 atom stereocenters. The summed E-state index contributed by atoms with van der Waals surface area (Å²) in [6.07, 6.45) is 3.98. The maximum atomic E-state index is 12.4. The second-order valence-corrected chi connectivity index (χ2v) is 5.55. The Morgan fingerprint density at radius 3 is 2.35 bits per heavy atom. The molecule has 0 N–H and O–H groups in total. The molecule has 1 spiro atoms. The SMILES string of the molecule is CC(C)C(C#N)N1C(=O)CC2(CCCC2)C1=O. The summed E-state index contributed by atoms with van der Waals surface area (Å²) >= 11 is 0. The summed E-state index contributed by atoms with van der Waals surface area (Å²) in [7, 11) is 0. The molecule has 4 heteroatoms. The van der Waals surface area contributed by atoms with Crippen molar-refractivity contribution in [3.63, 3.8) is 0 Å². The lowest BCUT2D eigenvalue weighted by molar-refractivity contribution is -0.143. The van der Waals surface area contributed by atoms with E-state index in [4.69, 9.17) is 5.26 Å². The molecule has 1 aliphatic heterocycles. The highest BCUT2D eigenvalue weighted by atomic mass is 16.2. The van der Waals surface area contributed by atoms with Gasteiger partial charge < -0.3 is 0 Å². The first-order chi connectivity index (χ1) is 8.02. The van der Waals surface area contributed by atoms with Crippen molar-refractivity contribution >= 4 is 11.8 Å². The molecule has 2 amide bonds. The van der Waals surface area contributed by atoms with Crippen molar-refractivity contribution in [2.24, 2.45) is 11.3 Å². The average Bonchev–Trinajstić information content (AvgIpc) is 2.81. The third kappa shape index (κ3) is 1.74. The van der Waals surface area contributed by atoms with Gasteiger partial charge in [-0.05, 0) is 18.8 Å². The molecule has 0 aromatic rings. The first kappa shape index (κ1) is 12.1. The predicted molar refractivity (Wildman–Crippen MR) is 61.6 cm³/mol.